The quantitative estimate of drug-likeness (QED) is 0.225. The van der Waals surface area contributed by atoms with Crippen LogP contribution in [0.2, 0.25) is 0 Å². The van der Waals surface area contributed by atoms with Crippen molar-refractivity contribution >= 4 is 17.8 Å². The van der Waals surface area contributed by atoms with Gasteiger partial charge in [0, 0.05) is 35.3 Å². The number of alkyl halides is 3. The zero-order chi connectivity index (χ0) is 35.3. The van der Waals surface area contributed by atoms with Gasteiger partial charge < -0.3 is 48.8 Å². The van der Waals surface area contributed by atoms with Gasteiger partial charge in [-0.3, -0.25) is 0 Å². The van der Waals surface area contributed by atoms with E-state index in [1.807, 2.05) is 0 Å². The fourth-order valence-electron chi connectivity index (χ4n) is 7.04. The molecule has 17 heteroatoms. The number of aliphatic hydroxyl groups excluding tert-OH is 3. The molecule has 0 radical (unpaired) electrons. The second-order valence-corrected chi connectivity index (χ2v) is 12.9. The Balaban J connectivity index is 0.999. The van der Waals surface area contributed by atoms with Gasteiger partial charge in [-0.1, -0.05) is 17.3 Å². The predicted molar refractivity (Wildman–Crippen MR) is 162 cm³/mol. The van der Waals surface area contributed by atoms with Crippen LogP contribution in [0.5, 0.6) is 5.75 Å². The average molecular weight is 706 g/mol. The Bertz CT molecular complexity index is 1700. The molecule has 1 aliphatic carbocycles. The van der Waals surface area contributed by atoms with Crippen molar-refractivity contribution in [2.45, 2.75) is 106 Å². The number of anilines is 1. The van der Waals surface area contributed by atoms with Crippen LogP contribution in [0.15, 0.2) is 47.1 Å². The lowest BCUT2D eigenvalue weighted by molar-refractivity contribution is -0.278. The van der Waals surface area contributed by atoms with Crippen LogP contribution in [0, 0.1) is 0 Å². The Morgan fingerprint density at radius 1 is 0.960 bits per heavy atom. The Hall–Kier alpha value is -4.29. The number of hydrogen-bond donors (Lipinski definition) is 4. The van der Waals surface area contributed by atoms with Crippen LogP contribution in [0.1, 0.15) is 66.1 Å². The van der Waals surface area contributed by atoms with Crippen molar-refractivity contribution in [3.63, 3.8) is 0 Å². The van der Waals surface area contributed by atoms with Crippen LogP contribution in [-0.2, 0) is 25.6 Å². The molecule has 5 heterocycles. The first-order valence-electron chi connectivity index (χ1n) is 16.2. The number of piperidine rings is 1. The summed E-state index contributed by atoms with van der Waals surface area (Å²) in [5.41, 5.74) is 1.02. The molecule has 3 saturated heterocycles. The number of aliphatic hydroxyl groups is 3. The number of carbonyl (C=O) groups excluding carboxylic acids is 1. The number of nitrogens with zero attached hydrogens (tertiary/aromatic N) is 3. The van der Waals surface area contributed by atoms with E-state index in [0.29, 0.717) is 30.0 Å². The van der Waals surface area contributed by atoms with Crippen molar-refractivity contribution < 1.29 is 66.7 Å². The van der Waals surface area contributed by atoms with E-state index in [0.717, 1.165) is 25.7 Å². The number of pyridine rings is 1. The minimum Gasteiger partial charge on any atom is -0.479 e. The zero-order valence-electron chi connectivity index (χ0n) is 26.3. The third kappa shape index (κ3) is 6.87. The van der Waals surface area contributed by atoms with Gasteiger partial charge in [0.15, 0.2) is 6.10 Å². The van der Waals surface area contributed by atoms with Gasteiger partial charge in [-0.05, 0) is 62.8 Å². The number of fused-ring (bicyclic) bond motifs is 2. The molecule has 7 atom stereocenters. The summed E-state index contributed by atoms with van der Waals surface area (Å²) < 4.78 is 65.9. The Labute approximate surface area is 282 Å². The lowest BCUT2D eigenvalue weighted by atomic mass is 9.99. The number of carbonyl (C=O) groups is 2. The molecule has 3 aromatic rings. The summed E-state index contributed by atoms with van der Waals surface area (Å²) in [4.78, 5) is 30.8. The van der Waals surface area contributed by atoms with Crippen molar-refractivity contribution in [2.24, 2.45) is 0 Å². The number of ether oxygens (including phenoxy) is 4. The highest BCUT2D eigenvalue weighted by Crippen LogP contribution is 2.46. The monoisotopic (exact) mass is 705 g/mol. The van der Waals surface area contributed by atoms with Crippen LogP contribution < -0.4 is 9.64 Å². The minimum absolute atomic E-state index is 0.0131. The number of rotatable bonds is 10. The third-order valence-corrected chi connectivity index (χ3v) is 9.57. The molecule has 268 valence electrons. The maximum absolute atomic E-state index is 13.2. The van der Waals surface area contributed by atoms with Crippen molar-refractivity contribution in [3.05, 3.63) is 59.5 Å². The van der Waals surface area contributed by atoms with Gasteiger partial charge in [0.05, 0.1) is 18.3 Å². The first-order valence-corrected chi connectivity index (χ1v) is 16.2. The number of carboxylic acids is 1. The number of aliphatic carboxylic acids is 1. The lowest BCUT2D eigenvalue weighted by Gasteiger charge is -2.39. The molecule has 2 bridgehead atoms. The summed E-state index contributed by atoms with van der Waals surface area (Å²) in [6.07, 6.45) is -8.38. The van der Waals surface area contributed by atoms with Gasteiger partial charge in [-0.2, -0.15) is 0 Å². The fourth-order valence-corrected chi connectivity index (χ4v) is 7.04. The van der Waals surface area contributed by atoms with E-state index in [9.17, 15) is 43.2 Å². The van der Waals surface area contributed by atoms with Crippen LogP contribution in [-0.4, -0.2) is 97.8 Å². The molecular weight excluding hydrogens is 671 g/mol. The smallest absolute Gasteiger partial charge is 0.479 e. The van der Waals surface area contributed by atoms with Crippen LogP contribution in [0.4, 0.5) is 19.0 Å². The van der Waals surface area contributed by atoms with Gasteiger partial charge in [-0.15, -0.1) is 13.2 Å². The average Bonchev–Trinajstić information content (AvgIpc) is 3.78. The van der Waals surface area contributed by atoms with Crippen molar-refractivity contribution in [2.75, 3.05) is 4.90 Å². The second-order valence-electron chi connectivity index (χ2n) is 12.9. The normalized spacial score (nSPS) is 29.5. The highest BCUT2D eigenvalue weighted by Gasteiger charge is 2.49. The highest BCUT2D eigenvalue weighted by molar-refractivity contribution is 5.89. The van der Waals surface area contributed by atoms with Crippen molar-refractivity contribution in [3.8, 4) is 17.0 Å². The Kier molecular flexibility index (Phi) is 9.19. The van der Waals surface area contributed by atoms with Crippen LogP contribution >= 0.6 is 0 Å². The molecule has 4 N–H and O–H groups in total. The van der Waals surface area contributed by atoms with E-state index >= 15 is 0 Å². The summed E-state index contributed by atoms with van der Waals surface area (Å²) in [5.74, 6) is -1.60. The van der Waals surface area contributed by atoms with Gasteiger partial charge in [0.25, 0.3) is 0 Å². The molecule has 4 fully saturated rings. The highest BCUT2D eigenvalue weighted by atomic mass is 19.4. The Morgan fingerprint density at radius 2 is 1.68 bits per heavy atom. The standard InChI is InChI=1S/C33H34F3N3O11/c34-33(35,36)49-22-4-2-1-3-20(22)24-21(28(50-38-24)15-5-6-15)14-46-19-11-17-8-9-18(12-19)39(17)23-10-7-16(13-37-23)31(45)48-32-27(42)25(40)26(41)29(47-32)30(43)44/h1-4,7,10,13,15,17-19,25-27,29,32,40-42H,5-6,8-9,11-12,14H2,(H,43,44)/t17-,18-,25-,26-,27-,29?,32-/m0/s1. The van der Waals surface area contributed by atoms with E-state index in [1.165, 1.54) is 30.5 Å². The first kappa shape index (κ1) is 34.2. The molecule has 50 heavy (non-hydrogen) atoms. The number of aromatic nitrogens is 2. The van der Waals surface area contributed by atoms with Crippen LogP contribution in [0.3, 0.4) is 0 Å². The molecule has 2 aromatic heterocycles. The molecule has 3 aliphatic heterocycles. The lowest BCUT2D eigenvalue weighted by Crippen LogP contribution is -2.60. The number of halogens is 3. The largest absolute Gasteiger partial charge is 0.573 e. The second kappa shape index (κ2) is 13.4. The number of carboxylic acid groups (broad SMARTS) is 1. The molecule has 1 saturated carbocycles. The zero-order valence-corrected chi connectivity index (χ0v) is 26.3. The van der Waals surface area contributed by atoms with Gasteiger partial charge in [-0.25, -0.2) is 14.6 Å². The van der Waals surface area contributed by atoms with Gasteiger partial charge in [0.1, 0.15) is 41.3 Å². The first-order chi connectivity index (χ1) is 23.9. The summed E-state index contributed by atoms with van der Waals surface area (Å²) >= 11 is 0. The van der Waals surface area contributed by atoms with Crippen molar-refractivity contribution in [1.82, 2.24) is 10.1 Å². The van der Waals surface area contributed by atoms with Gasteiger partial charge >= 0.3 is 18.3 Å². The van der Waals surface area contributed by atoms with E-state index < -0.39 is 49.0 Å². The number of para-hydroxylation sites is 1. The molecule has 14 nitrogen and oxygen atoms in total. The maximum atomic E-state index is 13.2. The van der Waals surface area contributed by atoms with E-state index in [4.69, 9.17) is 18.7 Å². The van der Waals surface area contributed by atoms with Crippen molar-refractivity contribution in [1.29, 1.82) is 0 Å². The molecule has 7 rings (SSSR count). The molecule has 4 aliphatic rings. The van der Waals surface area contributed by atoms with Crippen LogP contribution in [0.25, 0.3) is 11.3 Å². The molecule has 0 spiro atoms. The number of benzene rings is 1. The topological polar surface area (TPSA) is 194 Å². The summed E-state index contributed by atoms with van der Waals surface area (Å²) in [6, 6.07) is 9.06. The molecule has 0 amide bonds. The predicted octanol–water partition coefficient (Wildman–Crippen LogP) is 3.28. The summed E-state index contributed by atoms with van der Waals surface area (Å²) in [6.45, 7) is 0.104. The van der Waals surface area contributed by atoms with E-state index in [-0.39, 0.29) is 53.3 Å². The summed E-state index contributed by atoms with van der Waals surface area (Å²) in [5, 5.41) is 43.4. The SMILES string of the molecule is O=C(O[C@@H]1OC(C(=O)O)[C@@H](O)[C@H](O)[C@@H]1O)c1ccc(N2[C@H]3CC[C@H]2CC(OCc2c(-c4ccccc4OC(F)(F)F)noc2C2CC2)C3)nc1. The Morgan fingerprint density at radius 3 is 2.32 bits per heavy atom. The van der Waals surface area contributed by atoms with E-state index in [2.05, 4.69) is 19.8 Å². The molecular formula is C33H34F3N3O11. The summed E-state index contributed by atoms with van der Waals surface area (Å²) in [7, 11) is 0. The maximum Gasteiger partial charge on any atom is 0.573 e. The molecule has 1 unspecified atom stereocenters. The minimum atomic E-state index is -4.88. The van der Waals surface area contributed by atoms with Gasteiger partial charge in [0.2, 0.25) is 6.29 Å². The molecule has 1 aromatic carbocycles. The number of hydrogen-bond acceptors (Lipinski definition) is 13. The fraction of sp³-hybridized carbons (Fsp3) is 0.515. The number of esters is 1. The van der Waals surface area contributed by atoms with E-state index in [1.54, 1.807) is 12.1 Å². The third-order valence-electron chi connectivity index (χ3n) is 9.57.